The van der Waals surface area contributed by atoms with Gasteiger partial charge >= 0.3 is 0 Å². The first-order valence-corrected chi connectivity index (χ1v) is 8.71. The number of pyridine rings is 1. The van der Waals surface area contributed by atoms with Gasteiger partial charge in [0.05, 0.1) is 11.9 Å². The summed E-state index contributed by atoms with van der Waals surface area (Å²) in [5.41, 5.74) is 2.21. The van der Waals surface area contributed by atoms with E-state index in [0.717, 1.165) is 48.8 Å². The number of fused-ring (bicyclic) bond motifs is 1. The van der Waals surface area contributed by atoms with E-state index in [0.29, 0.717) is 5.69 Å². The second-order valence-corrected chi connectivity index (χ2v) is 6.33. The Balaban J connectivity index is 1.43. The first kappa shape index (κ1) is 15.7. The van der Waals surface area contributed by atoms with Crippen LogP contribution in [0.5, 0.6) is 11.5 Å². The summed E-state index contributed by atoms with van der Waals surface area (Å²) in [6.45, 7) is 1.92. The molecule has 6 nitrogen and oxygen atoms in total. The van der Waals surface area contributed by atoms with Gasteiger partial charge in [-0.1, -0.05) is 12.8 Å². The topological polar surface area (TPSA) is 63.7 Å². The third-order valence-corrected chi connectivity index (χ3v) is 4.54. The number of rotatable bonds is 3. The van der Waals surface area contributed by atoms with Gasteiger partial charge in [-0.25, -0.2) is 4.98 Å². The van der Waals surface area contributed by atoms with Crippen molar-refractivity contribution >= 4 is 17.3 Å². The number of likely N-dealkylation sites (tertiary alicyclic amines) is 1. The molecule has 2 aliphatic rings. The van der Waals surface area contributed by atoms with Crippen molar-refractivity contribution in [2.75, 3.05) is 25.2 Å². The smallest absolute Gasteiger partial charge is 0.272 e. The fourth-order valence-electron chi connectivity index (χ4n) is 3.17. The van der Waals surface area contributed by atoms with Gasteiger partial charge in [0.25, 0.3) is 5.91 Å². The third kappa shape index (κ3) is 3.52. The highest BCUT2D eigenvalue weighted by Gasteiger charge is 2.18. The summed E-state index contributed by atoms with van der Waals surface area (Å²) in [6, 6.07) is 9.34. The molecular formula is C19H21N3O3. The number of aromatic nitrogens is 1. The maximum absolute atomic E-state index is 12.6. The Morgan fingerprint density at radius 2 is 1.72 bits per heavy atom. The lowest BCUT2D eigenvalue weighted by Gasteiger charge is -2.19. The second-order valence-electron chi connectivity index (χ2n) is 6.33. The van der Waals surface area contributed by atoms with Crippen LogP contribution in [0.15, 0.2) is 36.5 Å². The lowest BCUT2D eigenvalue weighted by atomic mass is 10.2. The van der Waals surface area contributed by atoms with Crippen LogP contribution in [0.3, 0.4) is 0 Å². The van der Waals surface area contributed by atoms with Gasteiger partial charge in [0, 0.05) is 24.8 Å². The molecule has 0 atom stereocenters. The molecule has 2 aliphatic heterocycles. The van der Waals surface area contributed by atoms with Crippen molar-refractivity contribution in [2.45, 2.75) is 25.7 Å². The SMILES string of the molecule is O=C(c1ccc(Nc2ccc3c(c2)OCO3)cn1)N1CCCCCC1. The standard InChI is InChI=1S/C19H21N3O3/c23-19(22-9-3-1-2-4-10-22)16-7-5-15(12-20-16)21-14-6-8-17-18(11-14)25-13-24-17/h5-8,11-12,21H,1-4,9-10,13H2. The van der Waals surface area contributed by atoms with Crippen molar-refractivity contribution in [1.29, 1.82) is 0 Å². The molecule has 0 unspecified atom stereocenters. The molecule has 6 heteroatoms. The molecule has 0 bridgehead atoms. The first-order valence-electron chi connectivity index (χ1n) is 8.71. The van der Waals surface area contributed by atoms with Crippen LogP contribution < -0.4 is 14.8 Å². The number of hydrogen-bond acceptors (Lipinski definition) is 5. The van der Waals surface area contributed by atoms with E-state index in [1.54, 1.807) is 12.3 Å². The number of benzene rings is 1. The summed E-state index contributed by atoms with van der Waals surface area (Å²) < 4.78 is 10.7. The fraction of sp³-hybridized carbons (Fsp3) is 0.368. The Kier molecular flexibility index (Phi) is 4.41. The van der Waals surface area contributed by atoms with Gasteiger partial charge in [-0.15, -0.1) is 0 Å². The maximum Gasteiger partial charge on any atom is 0.272 e. The fourth-order valence-corrected chi connectivity index (χ4v) is 3.17. The van der Waals surface area contributed by atoms with Gasteiger partial charge < -0.3 is 19.7 Å². The van der Waals surface area contributed by atoms with E-state index < -0.39 is 0 Å². The van der Waals surface area contributed by atoms with Gasteiger partial charge in [0.1, 0.15) is 5.69 Å². The molecular weight excluding hydrogens is 318 g/mol. The van der Waals surface area contributed by atoms with Crippen molar-refractivity contribution in [3.05, 3.63) is 42.2 Å². The molecule has 4 rings (SSSR count). The van der Waals surface area contributed by atoms with E-state index >= 15 is 0 Å². The number of carbonyl (C=O) groups is 1. The first-order chi connectivity index (χ1) is 12.3. The average molecular weight is 339 g/mol. The second kappa shape index (κ2) is 7.01. The highest BCUT2D eigenvalue weighted by Crippen LogP contribution is 2.35. The highest BCUT2D eigenvalue weighted by atomic mass is 16.7. The highest BCUT2D eigenvalue weighted by molar-refractivity contribution is 5.92. The molecule has 1 fully saturated rings. The molecule has 130 valence electrons. The summed E-state index contributed by atoms with van der Waals surface area (Å²) in [5.74, 6) is 1.50. The van der Waals surface area contributed by atoms with Crippen LogP contribution in [-0.2, 0) is 0 Å². The molecule has 1 N–H and O–H groups in total. The Morgan fingerprint density at radius 3 is 2.48 bits per heavy atom. The van der Waals surface area contributed by atoms with Gasteiger partial charge in [-0.2, -0.15) is 0 Å². The van der Waals surface area contributed by atoms with Crippen LogP contribution in [0.2, 0.25) is 0 Å². The van der Waals surface area contributed by atoms with Crippen LogP contribution in [0, 0.1) is 0 Å². The third-order valence-electron chi connectivity index (χ3n) is 4.54. The minimum Gasteiger partial charge on any atom is -0.454 e. The summed E-state index contributed by atoms with van der Waals surface area (Å²) in [5, 5.41) is 3.27. The van der Waals surface area contributed by atoms with E-state index in [9.17, 15) is 4.79 Å². The largest absolute Gasteiger partial charge is 0.454 e. The van der Waals surface area contributed by atoms with Gasteiger partial charge in [-0.3, -0.25) is 4.79 Å². The van der Waals surface area contributed by atoms with Crippen molar-refractivity contribution in [2.24, 2.45) is 0 Å². The molecule has 0 radical (unpaired) electrons. The Labute approximate surface area is 146 Å². The lowest BCUT2D eigenvalue weighted by Crippen LogP contribution is -2.32. The number of nitrogens with one attached hydrogen (secondary N) is 1. The Morgan fingerprint density at radius 1 is 0.960 bits per heavy atom. The molecule has 1 amide bonds. The van der Waals surface area contributed by atoms with E-state index in [2.05, 4.69) is 10.3 Å². The molecule has 3 heterocycles. The number of anilines is 2. The van der Waals surface area contributed by atoms with Gasteiger partial charge in [0.2, 0.25) is 6.79 Å². The van der Waals surface area contributed by atoms with Crippen molar-refractivity contribution in [3.8, 4) is 11.5 Å². The molecule has 2 aromatic rings. The monoisotopic (exact) mass is 339 g/mol. The summed E-state index contributed by atoms with van der Waals surface area (Å²) >= 11 is 0. The van der Waals surface area contributed by atoms with Crippen LogP contribution in [0.1, 0.15) is 36.2 Å². The van der Waals surface area contributed by atoms with Crippen LogP contribution in [-0.4, -0.2) is 35.7 Å². The number of nitrogens with zero attached hydrogens (tertiary/aromatic N) is 2. The quantitative estimate of drug-likeness (QED) is 0.926. The zero-order chi connectivity index (χ0) is 17.1. The number of carbonyl (C=O) groups excluding carboxylic acids is 1. The molecule has 1 saturated heterocycles. The zero-order valence-corrected chi connectivity index (χ0v) is 14.0. The number of amides is 1. The minimum absolute atomic E-state index is 0.0246. The summed E-state index contributed by atoms with van der Waals surface area (Å²) in [4.78, 5) is 18.8. The van der Waals surface area contributed by atoms with Crippen LogP contribution in [0.4, 0.5) is 11.4 Å². The molecule has 1 aromatic carbocycles. The normalized spacial score (nSPS) is 16.4. The van der Waals surface area contributed by atoms with E-state index in [1.807, 2.05) is 29.2 Å². The van der Waals surface area contributed by atoms with Crippen LogP contribution >= 0.6 is 0 Å². The predicted octanol–water partition coefficient (Wildman–Crippen LogP) is 3.57. The van der Waals surface area contributed by atoms with E-state index in [-0.39, 0.29) is 12.7 Å². The van der Waals surface area contributed by atoms with Crippen molar-refractivity contribution in [3.63, 3.8) is 0 Å². The van der Waals surface area contributed by atoms with Crippen molar-refractivity contribution < 1.29 is 14.3 Å². The molecule has 0 saturated carbocycles. The number of ether oxygens (including phenoxy) is 2. The molecule has 25 heavy (non-hydrogen) atoms. The van der Waals surface area contributed by atoms with E-state index in [1.165, 1.54) is 12.8 Å². The van der Waals surface area contributed by atoms with Crippen LogP contribution in [0.25, 0.3) is 0 Å². The van der Waals surface area contributed by atoms with Gasteiger partial charge in [-0.05, 0) is 37.1 Å². The van der Waals surface area contributed by atoms with Gasteiger partial charge in [0.15, 0.2) is 11.5 Å². The average Bonchev–Trinajstić information content (AvgIpc) is 2.94. The molecule has 1 aromatic heterocycles. The number of hydrogen-bond donors (Lipinski definition) is 1. The Bertz CT molecular complexity index is 753. The predicted molar refractivity (Wildman–Crippen MR) is 94.5 cm³/mol. The molecule has 0 spiro atoms. The molecule has 0 aliphatic carbocycles. The van der Waals surface area contributed by atoms with E-state index in [4.69, 9.17) is 9.47 Å². The zero-order valence-electron chi connectivity index (χ0n) is 14.0. The maximum atomic E-state index is 12.6. The lowest BCUT2D eigenvalue weighted by molar-refractivity contribution is 0.0756. The summed E-state index contributed by atoms with van der Waals surface area (Å²) in [7, 11) is 0. The Hall–Kier alpha value is -2.76. The minimum atomic E-state index is 0.0246. The summed E-state index contributed by atoms with van der Waals surface area (Å²) in [6.07, 6.45) is 6.26. The van der Waals surface area contributed by atoms with Crippen molar-refractivity contribution in [1.82, 2.24) is 9.88 Å².